The minimum absolute atomic E-state index is 0.0103. The number of aryl methyl sites for hydroxylation is 1. The van der Waals surface area contributed by atoms with Crippen LogP contribution in [0.4, 0.5) is 0 Å². The van der Waals surface area contributed by atoms with Gasteiger partial charge in [0.1, 0.15) is 5.75 Å². The van der Waals surface area contributed by atoms with Crippen LogP contribution in [-0.4, -0.2) is 17.6 Å². The van der Waals surface area contributed by atoms with E-state index < -0.39 is 0 Å². The molecule has 1 atom stereocenters. The van der Waals surface area contributed by atoms with E-state index in [-0.39, 0.29) is 11.9 Å². The van der Waals surface area contributed by atoms with E-state index in [0.717, 1.165) is 16.9 Å². The zero-order chi connectivity index (χ0) is 18.4. The second-order valence-electron chi connectivity index (χ2n) is 6.35. The molecule has 4 nitrogen and oxygen atoms in total. The first-order chi connectivity index (χ1) is 12.7. The van der Waals surface area contributed by atoms with Crippen LogP contribution in [0, 0.1) is 6.92 Å². The van der Waals surface area contributed by atoms with Crippen molar-refractivity contribution < 1.29 is 9.53 Å². The molecule has 0 unspecified atom stereocenters. The second-order valence-corrected chi connectivity index (χ2v) is 6.35. The Hall–Kier alpha value is -3.01. The molecule has 0 fully saturated rings. The number of hydrogen-bond donors (Lipinski definition) is 1. The number of carbonyl (C=O) groups is 1. The van der Waals surface area contributed by atoms with Crippen molar-refractivity contribution in [1.82, 2.24) is 9.88 Å². The molecular weight excluding hydrogens is 324 g/mol. The molecule has 1 aromatic heterocycles. The highest BCUT2D eigenvalue weighted by Gasteiger charge is 2.17. The molecule has 0 aliphatic heterocycles. The molecule has 1 N–H and O–H groups in total. The number of hydrogen-bond acceptors (Lipinski definition) is 2. The van der Waals surface area contributed by atoms with Crippen molar-refractivity contribution in [1.29, 1.82) is 0 Å². The summed E-state index contributed by atoms with van der Waals surface area (Å²) in [6.07, 6.45) is 4.38. The van der Waals surface area contributed by atoms with Gasteiger partial charge in [0.05, 0.1) is 19.6 Å². The Bertz CT molecular complexity index is 856. The van der Waals surface area contributed by atoms with Gasteiger partial charge >= 0.3 is 0 Å². The Morgan fingerprint density at radius 3 is 2.58 bits per heavy atom. The van der Waals surface area contributed by atoms with Crippen molar-refractivity contribution in [2.75, 3.05) is 7.11 Å². The van der Waals surface area contributed by atoms with E-state index in [4.69, 9.17) is 4.74 Å². The predicted molar refractivity (Wildman–Crippen MR) is 103 cm³/mol. The molecule has 3 rings (SSSR count). The van der Waals surface area contributed by atoms with Crippen LogP contribution < -0.4 is 10.1 Å². The second kappa shape index (κ2) is 8.39. The van der Waals surface area contributed by atoms with E-state index in [1.54, 1.807) is 7.11 Å². The van der Waals surface area contributed by atoms with Gasteiger partial charge in [-0.1, -0.05) is 48.0 Å². The van der Waals surface area contributed by atoms with Crippen LogP contribution in [0.2, 0.25) is 0 Å². The molecule has 4 heteroatoms. The van der Waals surface area contributed by atoms with Crippen molar-refractivity contribution in [2.45, 2.75) is 25.9 Å². The van der Waals surface area contributed by atoms with Crippen molar-refractivity contribution in [3.05, 3.63) is 89.7 Å². The fourth-order valence-corrected chi connectivity index (χ4v) is 3.12. The molecule has 1 heterocycles. The number of nitrogens with one attached hydrogen (secondary N) is 1. The molecule has 2 aromatic carbocycles. The van der Waals surface area contributed by atoms with Gasteiger partial charge in [0.25, 0.3) is 0 Å². The van der Waals surface area contributed by atoms with Gasteiger partial charge in [0, 0.05) is 24.5 Å². The molecule has 0 spiro atoms. The maximum atomic E-state index is 12.6. The number of carbonyl (C=O) groups excluding carboxylic acids is 1. The van der Waals surface area contributed by atoms with E-state index in [9.17, 15) is 4.79 Å². The minimum Gasteiger partial charge on any atom is -0.496 e. The third kappa shape index (κ3) is 4.33. The summed E-state index contributed by atoms with van der Waals surface area (Å²) >= 11 is 0. The van der Waals surface area contributed by atoms with Gasteiger partial charge in [-0.2, -0.15) is 0 Å². The third-order valence-corrected chi connectivity index (χ3v) is 4.46. The number of amides is 1. The van der Waals surface area contributed by atoms with Crippen LogP contribution in [0.15, 0.2) is 73.1 Å². The van der Waals surface area contributed by atoms with Gasteiger partial charge in [0.2, 0.25) is 5.91 Å². The number of ether oxygens (including phenoxy) is 1. The number of rotatable bonds is 7. The van der Waals surface area contributed by atoms with Crippen molar-refractivity contribution in [3.8, 4) is 5.75 Å². The Balaban J connectivity index is 1.72. The predicted octanol–water partition coefficient (Wildman–Crippen LogP) is 4.10. The van der Waals surface area contributed by atoms with Gasteiger partial charge < -0.3 is 14.6 Å². The standard InChI is InChI=1S/C22H24N2O2/c1-17-8-7-10-18(14-17)20(24-12-5-6-13-24)15-22(25)23-16-19-9-3-4-11-21(19)26-2/h3-14,20H,15-16H2,1-2H3,(H,23,25)/t20-/m1/s1. The minimum atomic E-state index is -0.0254. The SMILES string of the molecule is COc1ccccc1CNC(=O)C[C@H](c1cccc(C)c1)n1cccc1. The van der Waals surface area contributed by atoms with E-state index in [0.29, 0.717) is 13.0 Å². The van der Waals surface area contributed by atoms with E-state index in [1.165, 1.54) is 5.56 Å². The monoisotopic (exact) mass is 348 g/mol. The van der Waals surface area contributed by atoms with Crippen molar-refractivity contribution in [3.63, 3.8) is 0 Å². The average molecular weight is 348 g/mol. The lowest BCUT2D eigenvalue weighted by molar-refractivity contribution is -0.121. The van der Waals surface area contributed by atoms with Crippen LogP contribution in [-0.2, 0) is 11.3 Å². The third-order valence-electron chi connectivity index (χ3n) is 4.46. The fourth-order valence-electron chi connectivity index (χ4n) is 3.12. The number of para-hydroxylation sites is 1. The zero-order valence-electron chi connectivity index (χ0n) is 15.2. The first-order valence-electron chi connectivity index (χ1n) is 8.75. The van der Waals surface area contributed by atoms with Gasteiger partial charge in [-0.3, -0.25) is 4.79 Å². The summed E-state index contributed by atoms with van der Waals surface area (Å²) in [5, 5.41) is 3.02. The smallest absolute Gasteiger partial charge is 0.222 e. The van der Waals surface area contributed by atoms with Crippen LogP contribution in [0.3, 0.4) is 0 Å². The lowest BCUT2D eigenvalue weighted by Crippen LogP contribution is -2.26. The summed E-state index contributed by atoms with van der Waals surface area (Å²) in [6, 6.07) is 20.0. The molecule has 26 heavy (non-hydrogen) atoms. The van der Waals surface area contributed by atoms with Crippen molar-refractivity contribution in [2.24, 2.45) is 0 Å². The highest BCUT2D eigenvalue weighted by molar-refractivity contribution is 5.77. The molecular formula is C22H24N2O2. The summed E-state index contributed by atoms with van der Waals surface area (Å²) in [4.78, 5) is 12.6. The quantitative estimate of drug-likeness (QED) is 0.698. The molecule has 0 bridgehead atoms. The van der Waals surface area contributed by atoms with Crippen LogP contribution in [0.5, 0.6) is 5.75 Å². The van der Waals surface area contributed by atoms with E-state index >= 15 is 0 Å². The lowest BCUT2D eigenvalue weighted by atomic mass is 10.0. The van der Waals surface area contributed by atoms with Crippen LogP contribution >= 0.6 is 0 Å². The molecule has 0 aliphatic rings. The van der Waals surface area contributed by atoms with Crippen molar-refractivity contribution >= 4 is 5.91 Å². The number of methoxy groups -OCH3 is 1. The maximum absolute atomic E-state index is 12.6. The Morgan fingerprint density at radius 2 is 1.85 bits per heavy atom. The summed E-state index contributed by atoms with van der Waals surface area (Å²) in [7, 11) is 1.64. The Morgan fingerprint density at radius 1 is 1.08 bits per heavy atom. The molecule has 0 saturated heterocycles. The van der Waals surface area contributed by atoms with Crippen LogP contribution in [0.1, 0.15) is 29.2 Å². The lowest BCUT2D eigenvalue weighted by Gasteiger charge is -2.20. The fraction of sp³-hybridized carbons (Fsp3) is 0.227. The summed E-state index contributed by atoms with van der Waals surface area (Å²) in [5.74, 6) is 0.796. The van der Waals surface area contributed by atoms with Crippen LogP contribution in [0.25, 0.3) is 0 Å². The molecule has 0 radical (unpaired) electrons. The first kappa shape index (κ1) is 17.8. The van der Waals surface area contributed by atoms with E-state index in [2.05, 4.69) is 35.0 Å². The summed E-state index contributed by atoms with van der Waals surface area (Å²) < 4.78 is 7.43. The van der Waals surface area contributed by atoms with Gasteiger partial charge in [-0.25, -0.2) is 0 Å². The molecule has 0 saturated carbocycles. The number of benzene rings is 2. The number of nitrogens with zero attached hydrogens (tertiary/aromatic N) is 1. The maximum Gasteiger partial charge on any atom is 0.222 e. The van der Waals surface area contributed by atoms with Gasteiger partial charge in [-0.05, 0) is 30.7 Å². The molecule has 1 amide bonds. The highest BCUT2D eigenvalue weighted by Crippen LogP contribution is 2.23. The van der Waals surface area contributed by atoms with Gasteiger partial charge in [-0.15, -0.1) is 0 Å². The highest BCUT2D eigenvalue weighted by atomic mass is 16.5. The molecule has 3 aromatic rings. The largest absolute Gasteiger partial charge is 0.496 e. The number of aromatic nitrogens is 1. The summed E-state index contributed by atoms with van der Waals surface area (Å²) in [5.41, 5.74) is 3.29. The van der Waals surface area contributed by atoms with E-state index in [1.807, 2.05) is 54.9 Å². The first-order valence-corrected chi connectivity index (χ1v) is 8.75. The Labute approximate surface area is 154 Å². The molecule has 0 aliphatic carbocycles. The normalized spacial score (nSPS) is 11.8. The Kier molecular flexibility index (Phi) is 5.74. The average Bonchev–Trinajstić information content (AvgIpc) is 3.19. The summed E-state index contributed by atoms with van der Waals surface area (Å²) in [6.45, 7) is 2.52. The van der Waals surface area contributed by atoms with Gasteiger partial charge in [0.15, 0.2) is 0 Å². The zero-order valence-corrected chi connectivity index (χ0v) is 15.2. The molecule has 134 valence electrons. The topological polar surface area (TPSA) is 43.3 Å².